The smallest absolute Gasteiger partial charge is 0.456 e. The molecule has 39 heavy (non-hydrogen) atoms. The molecule has 0 bridgehead atoms. The summed E-state index contributed by atoms with van der Waals surface area (Å²) in [5.74, 6) is 0.368. The molecule has 0 N–H and O–H groups in total. The van der Waals surface area contributed by atoms with Crippen molar-refractivity contribution < 1.29 is 13.7 Å². The van der Waals surface area contributed by atoms with Crippen LogP contribution in [0.5, 0.6) is 0 Å². The maximum Gasteiger partial charge on any atom is 0.494 e. The van der Waals surface area contributed by atoms with Crippen molar-refractivity contribution in [2.24, 2.45) is 0 Å². The number of nitrogens with zero attached hydrogens (tertiary/aromatic N) is 1. The molecule has 7 rings (SSSR count). The predicted molar refractivity (Wildman–Crippen MR) is 157 cm³/mol. The Kier molecular flexibility index (Phi) is 5.00. The van der Waals surface area contributed by atoms with Crippen LogP contribution in [0.4, 0.5) is 0 Å². The van der Waals surface area contributed by atoms with Gasteiger partial charge in [-0.1, -0.05) is 55.8 Å². The second-order valence-electron chi connectivity index (χ2n) is 12.7. The molecule has 0 saturated carbocycles. The van der Waals surface area contributed by atoms with Gasteiger partial charge < -0.3 is 13.7 Å². The van der Waals surface area contributed by atoms with E-state index in [9.17, 15) is 5.26 Å². The standard InChI is InChI=1S/C34H32BNO3/c1-32(2)28-15-20(19-36)7-11-24(28)25-12-8-22(17-29(25)32)21-9-13-30-26(16-21)27-18-23(10-14-31(27)37-30)35-38-33(3,4)34(5,6)39-35/h7-11,13-18,25H,12H2,1-6H3. The van der Waals surface area contributed by atoms with E-state index in [4.69, 9.17) is 13.7 Å². The van der Waals surface area contributed by atoms with E-state index in [0.29, 0.717) is 5.92 Å². The summed E-state index contributed by atoms with van der Waals surface area (Å²) in [5, 5.41) is 11.6. The maximum atomic E-state index is 9.46. The highest BCUT2D eigenvalue weighted by Crippen LogP contribution is 2.54. The summed E-state index contributed by atoms with van der Waals surface area (Å²) in [4.78, 5) is 0. The summed E-state index contributed by atoms with van der Waals surface area (Å²) in [6, 6.07) is 21.2. The van der Waals surface area contributed by atoms with Gasteiger partial charge in [-0.3, -0.25) is 0 Å². The van der Waals surface area contributed by atoms with Gasteiger partial charge in [-0.05, 0) is 92.2 Å². The minimum atomic E-state index is -0.414. The zero-order valence-corrected chi connectivity index (χ0v) is 23.4. The molecular weight excluding hydrogens is 481 g/mol. The molecule has 0 amide bonds. The van der Waals surface area contributed by atoms with Gasteiger partial charge in [0, 0.05) is 22.1 Å². The number of hydrogen-bond donors (Lipinski definition) is 0. The average Bonchev–Trinajstić information content (AvgIpc) is 3.47. The topological polar surface area (TPSA) is 55.4 Å². The fraction of sp³-hybridized carbons (Fsp3) is 0.324. The number of rotatable bonds is 2. The monoisotopic (exact) mass is 513 g/mol. The van der Waals surface area contributed by atoms with Crippen LogP contribution >= 0.6 is 0 Å². The van der Waals surface area contributed by atoms with Crippen LogP contribution in [0.2, 0.25) is 0 Å². The molecule has 5 heteroatoms. The third-order valence-corrected chi connectivity index (χ3v) is 9.56. The Morgan fingerprint density at radius 1 is 0.846 bits per heavy atom. The normalized spacial score (nSPS) is 22.4. The van der Waals surface area contributed by atoms with Gasteiger partial charge >= 0.3 is 7.12 Å². The minimum Gasteiger partial charge on any atom is -0.456 e. The number of allylic oxidation sites excluding steroid dienone is 4. The highest BCUT2D eigenvalue weighted by molar-refractivity contribution is 6.62. The lowest BCUT2D eigenvalue weighted by molar-refractivity contribution is 0.00578. The lowest BCUT2D eigenvalue weighted by Crippen LogP contribution is -2.41. The Labute approximate surface area is 230 Å². The van der Waals surface area contributed by atoms with Crippen molar-refractivity contribution in [1.82, 2.24) is 0 Å². The summed E-state index contributed by atoms with van der Waals surface area (Å²) in [6.07, 6.45) is 5.69. The second kappa shape index (κ2) is 7.97. The van der Waals surface area contributed by atoms with Gasteiger partial charge in [0.15, 0.2) is 0 Å². The second-order valence-corrected chi connectivity index (χ2v) is 12.7. The lowest BCUT2D eigenvalue weighted by atomic mass is 9.76. The van der Waals surface area contributed by atoms with Gasteiger partial charge in [-0.2, -0.15) is 5.26 Å². The van der Waals surface area contributed by atoms with Crippen LogP contribution in [0.15, 0.2) is 76.7 Å². The molecule has 3 aliphatic rings. The van der Waals surface area contributed by atoms with E-state index in [1.807, 2.05) is 18.2 Å². The van der Waals surface area contributed by atoms with Crippen LogP contribution in [0.3, 0.4) is 0 Å². The Morgan fingerprint density at radius 3 is 2.26 bits per heavy atom. The minimum absolute atomic E-state index is 0.115. The molecule has 194 valence electrons. The van der Waals surface area contributed by atoms with Crippen molar-refractivity contribution in [1.29, 1.82) is 5.26 Å². The summed E-state index contributed by atoms with van der Waals surface area (Å²) in [5.41, 5.74) is 9.04. The molecule has 2 heterocycles. The van der Waals surface area contributed by atoms with E-state index >= 15 is 0 Å². The van der Waals surface area contributed by atoms with Gasteiger partial charge in [-0.25, -0.2) is 0 Å². The van der Waals surface area contributed by atoms with Gasteiger partial charge in [0.1, 0.15) is 11.2 Å². The van der Waals surface area contributed by atoms with Gasteiger partial charge in [0.25, 0.3) is 0 Å². The number of hydrogen-bond acceptors (Lipinski definition) is 4. The first-order valence-electron chi connectivity index (χ1n) is 13.8. The Bertz CT molecular complexity index is 1780. The van der Waals surface area contributed by atoms with Gasteiger partial charge in [0.2, 0.25) is 0 Å². The molecule has 0 radical (unpaired) electrons. The summed E-state index contributed by atoms with van der Waals surface area (Å²) in [7, 11) is -0.414. The molecule has 1 unspecified atom stereocenters. The lowest BCUT2D eigenvalue weighted by Gasteiger charge is -2.32. The summed E-state index contributed by atoms with van der Waals surface area (Å²) in [6.45, 7) is 12.9. The van der Waals surface area contributed by atoms with Crippen molar-refractivity contribution in [2.45, 2.75) is 70.5 Å². The van der Waals surface area contributed by atoms with Crippen molar-refractivity contribution in [3.8, 4) is 6.07 Å². The van der Waals surface area contributed by atoms with E-state index in [0.717, 1.165) is 39.4 Å². The third-order valence-electron chi connectivity index (χ3n) is 9.56. The van der Waals surface area contributed by atoms with E-state index in [-0.39, 0.29) is 16.6 Å². The van der Waals surface area contributed by atoms with Crippen LogP contribution in [-0.4, -0.2) is 18.3 Å². The molecule has 4 nitrogen and oxygen atoms in total. The molecule has 1 aromatic heterocycles. The Hall–Kier alpha value is -3.59. The first-order valence-corrected chi connectivity index (χ1v) is 13.8. The SMILES string of the molecule is CC1(C)C2=CC(c3ccc4oc5ccc(B6OC(C)(C)C(C)(C)O6)cc5c4c3)=CCC2c2ccc(C#N)cc21. The fourth-order valence-electron chi connectivity index (χ4n) is 6.54. The first-order chi connectivity index (χ1) is 18.5. The summed E-state index contributed by atoms with van der Waals surface area (Å²) < 4.78 is 18.9. The molecular formula is C34H32BNO3. The van der Waals surface area contributed by atoms with Crippen LogP contribution < -0.4 is 5.46 Å². The van der Waals surface area contributed by atoms with Crippen molar-refractivity contribution in [2.75, 3.05) is 0 Å². The molecule has 0 spiro atoms. The number of furan rings is 1. The van der Waals surface area contributed by atoms with Gasteiger partial charge in [-0.15, -0.1) is 0 Å². The molecule has 4 aromatic rings. The molecule has 1 aliphatic heterocycles. The quantitative estimate of drug-likeness (QED) is 0.260. The largest absolute Gasteiger partial charge is 0.494 e. The maximum absolute atomic E-state index is 9.46. The highest BCUT2D eigenvalue weighted by Gasteiger charge is 2.51. The number of nitriles is 1. The summed E-state index contributed by atoms with van der Waals surface area (Å²) >= 11 is 0. The molecule has 3 aromatic carbocycles. The predicted octanol–water partition coefficient (Wildman–Crippen LogP) is 7.55. The number of benzene rings is 3. The first kappa shape index (κ1) is 24.5. The van der Waals surface area contributed by atoms with Crippen molar-refractivity contribution >= 4 is 40.1 Å². The van der Waals surface area contributed by atoms with Crippen LogP contribution in [0, 0.1) is 11.3 Å². The fourth-order valence-corrected chi connectivity index (χ4v) is 6.54. The number of fused-ring (bicyclic) bond motifs is 6. The zero-order valence-electron chi connectivity index (χ0n) is 23.4. The van der Waals surface area contributed by atoms with E-state index < -0.39 is 7.12 Å². The Balaban J connectivity index is 1.27. The van der Waals surface area contributed by atoms with Crippen molar-refractivity contribution in [3.63, 3.8) is 0 Å². The zero-order chi connectivity index (χ0) is 27.3. The van der Waals surface area contributed by atoms with Crippen LogP contribution in [0.1, 0.15) is 76.1 Å². The Morgan fingerprint density at radius 2 is 1.54 bits per heavy atom. The van der Waals surface area contributed by atoms with E-state index in [1.165, 1.54) is 27.8 Å². The van der Waals surface area contributed by atoms with Crippen LogP contribution in [0.25, 0.3) is 27.5 Å². The van der Waals surface area contributed by atoms with Crippen molar-refractivity contribution in [3.05, 3.63) is 94.6 Å². The molecule has 1 atom stereocenters. The highest BCUT2D eigenvalue weighted by atomic mass is 16.7. The molecule has 2 aliphatic carbocycles. The van der Waals surface area contributed by atoms with E-state index in [1.54, 1.807) is 0 Å². The van der Waals surface area contributed by atoms with Crippen LogP contribution in [-0.2, 0) is 14.7 Å². The average molecular weight is 513 g/mol. The third kappa shape index (κ3) is 3.52. The van der Waals surface area contributed by atoms with E-state index in [2.05, 4.69) is 96.2 Å². The molecule has 1 fully saturated rings. The van der Waals surface area contributed by atoms with Gasteiger partial charge in [0.05, 0.1) is 22.8 Å². The molecule has 1 saturated heterocycles.